The maximum Gasteiger partial charge on any atom is 0.326 e. The molecular formula is C22H24FN5O2S2. The van der Waals surface area contributed by atoms with Gasteiger partial charge in [0.2, 0.25) is 0 Å². The quantitative estimate of drug-likeness (QED) is 0.546. The molecule has 10 heteroatoms. The lowest BCUT2D eigenvalue weighted by atomic mass is 10.2. The normalized spacial score (nSPS) is 14.0. The van der Waals surface area contributed by atoms with E-state index < -0.39 is 0 Å². The van der Waals surface area contributed by atoms with E-state index in [4.69, 9.17) is 0 Å². The van der Waals surface area contributed by atoms with Crippen molar-refractivity contribution in [2.24, 2.45) is 0 Å². The minimum atomic E-state index is -0.303. The fourth-order valence-electron chi connectivity index (χ4n) is 3.35. The number of hydrogen-bond donors (Lipinski definition) is 1. The van der Waals surface area contributed by atoms with Crippen molar-refractivity contribution in [1.29, 1.82) is 0 Å². The predicted octanol–water partition coefficient (Wildman–Crippen LogP) is 4.54. The van der Waals surface area contributed by atoms with Gasteiger partial charge in [-0.25, -0.2) is 19.2 Å². The highest BCUT2D eigenvalue weighted by Gasteiger charge is 2.32. The number of aryl methyl sites for hydroxylation is 1. The van der Waals surface area contributed by atoms with Crippen molar-refractivity contribution in [1.82, 2.24) is 20.2 Å². The number of nitrogens with zero attached hydrogens (tertiary/aromatic N) is 4. The molecule has 3 aromatic rings. The summed E-state index contributed by atoms with van der Waals surface area (Å²) in [4.78, 5) is 38.4. The second-order valence-electron chi connectivity index (χ2n) is 7.91. The largest absolute Gasteiger partial charge is 0.346 e. The Labute approximate surface area is 193 Å². The number of carbonyl (C=O) groups excluding carboxylic acids is 2. The van der Waals surface area contributed by atoms with Gasteiger partial charge in [0.05, 0.1) is 22.9 Å². The van der Waals surface area contributed by atoms with E-state index in [1.165, 1.54) is 23.5 Å². The number of halogens is 1. The highest BCUT2D eigenvalue weighted by molar-refractivity contribution is 7.17. The van der Waals surface area contributed by atoms with Gasteiger partial charge in [-0.3, -0.25) is 9.69 Å². The summed E-state index contributed by atoms with van der Waals surface area (Å²) in [6.07, 6.45) is 0. The van der Waals surface area contributed by atoms with E-state index in [2.05, 4.69) is 29.1 Å². The lowest BCUT2D eigenvalue weighted by Gasteiger charge is -2.16. The van der Waals surface area contributed by atoms with Crippen LogP contribution in [0.1, 0.15) is 51.4 Å². The number of rotatable bonds is 7. The monoisotopic (exact) mass is 473 g/mol. The first-order valence-corrected chi connectivity index (χ1v) is 12.0. The molecule has 2 aromatic heterocycles. The molecule has 1 aromatic carbocycles. The van der Waals surface area contributed by atoms with Crippen LogP contribution < -0.4 is 10.2 Å². The predicted molar refractivity (Wildman–Crippen MR) is 124 cm³/mol. The van der Waals surface area contributed by atoms with E-state index in [0.717, 1.165) is 16.3 Å². The van der Waals surface area contributed by atoms with E-state index in [9.17, 15) is 14.0 Å². The van der Waals surface area contributed by atoms with Crippen molar-refractivity contribution in [2.45, 2.75) is 39.8 Å². The Morgan fingerprint density at radius 3 is 2.66 bits per heavy atom. The average molecular weight is 474 g/mol. The molecule has 32 heavy (non-hydrogen) atoms. The fraction of sp³-hybridized carbons (Fsp3) is 0.364. The van der Waals surface area contributed by atoms with Crippen LogP contribution in [0.3, 0.4) is 0 Å². The Morgan fingerprint density at radius 2 is 1.97 bits per heavy atom. The number of aromatic nitrogens is 2. The van der Waals surface area contributed by atoms with Crippen molar-refractivity contribution in [3.8, 4) is 0 Å². The SMILES string of the molecule is Cc1nc(N2CCN(Cc3ccc(F)cc3)C2=O)sc1C(=O)NCc1csc(C(C)C)n1. The van der Waals surface area contributed by atoms with Crippen molar-refractivity contribution in [3.63, 3.8) is 0 Å². The summed E-state index contributed by atoms with van der Waals surface area (Å²) in [5.41, 5.74) is 2.29. The molecule has 4 rings (SSSR count). The molecule has 0 atom stereocenters. The van der Waals surface area contributed by atoms with E-state index in [0.29, 0.717) is 47.8 Å². The number of amides is 3. The maximum atomic E-state index is 13.1. The van der Waals surface area contributed by atoms with Crippen LogP contribution in [0.5, 0.6) is 0 Å². The Balaban J connectivity index is 1.39. The standard InChI is InChI=1S/C22H24FN5O2S2/c1-13(2)20-26-17(12-31-20)10-24-19(29)18-14(3)25-21(32-18)28-9-8-27(22(28)30)11-15-4-6-16(23)7-5-15/h4-7,12-13H,8-11H2,1-3H3,(H,24,29). The lowest BCUT2D eigenvalue weighted by Crippen LogP contribution is -2.31. The van der Waals surface area contributed by atoms with Crippen molar-refractivity contribution >= 4 is 39.7 Å². The molecule has 0 radical (unpaired) electrons. The zero-order valence-corrected chi connectivity index (χ0v) is 19.7. The molecule has 1 fully saturated rings. The van der Waals surface area contributed by atoms with Crippen molar-refractivity contribution in [3.05, 3.63) is 62.3 Å². The first-order chi connectivity index (χ1) is 15.3. The number of thiazole rings is 2. The summed E-state index contributed by atoms with van der Waals surface area (Å²) < 4.78 is 13.1. The number of nitrogens with one attached hydrogen (secondary N) is 1. The number of anilines is 1. The van der Waals surface area contributed by atoms with Crippen molar-refractivity contribution < 1.29 is 14.0 Å². The minimum absolute atomic E-state index is 0.168. The van der Waals surface area contributed by atoms with Crippen LogP contribution in [0.15, 0.2) is 29.6 Å². The summed E-state index contributed by atoms with van der Waals surface area (Å²) in [7, 11) is 0. The van der Waals surface area contributed by atoms with E-state index in [-0.39, 0.29) is 17.8 Å². The van der Waals surface area contributed by atoms with Crippen LogP contribution in [-0.2, 0) is 13.1 Å². The second-order valence-corrected chi connectivity index (χ2v) is 9.77. The van der Waals surface area contributed by atoms with Gasteiger partial charge in [-0.05, 0) is 24.6 Å². The molecule has 3 heterocycles. The van der Waals surface area contributed by atoms with Gasteiger partial charge in [-0.2, -0.15) is 0 Å². The molecule has 1 N–H and O–H groups in total. The van der Waals surface area contributed by atoms with Crippen LogP contribution in [0, 0.1) is 12.7 Å². The molecule has 0 spiro atoms. The number of carbonyl (C=O) groups is 2. The third kappa shape index (κ3) is 4.81. The molecule has 0 bridgehead atoms. The summed E-state index contributed by atoms with van der Waals surface area (Å²) in [5.74, 6) is -0.168. The number of benzene rings is 1. The molecule has 0 saturated carbocycles. The number of urea groups is 1. The topological polar surface area (TPSA) is 78.4 Å². The smallest absolute Gasteiger partial charge is 0.326 e. The lowest BCUT2D eigenvalue weighted by molar-refractivity contribution is 0.0953. The van der Waals surface area contributed by atoms with E-state index >= 15 is 0 Å². The molecule has 0 aliphatic carbocycles. The average Bonchev–Trinajstić information content (AvgIpc) is 3.47. The molecule has 1 aliphatic heterocycles. The van der Waals surface area contributed by atoms with Crippen LogP contribution >= 0.6 is 22.7 Å². The van der Waals surface area contributed by atoms with Gasteiger partial charge in [0.15, 0.2) is 5.13 Å². The molecule has 0 unspecified atom stereocenters. The molecule has 168 valence electrons. The second kappa shape index (κ2) is 9.33. The van der Waals surface area contributed by atoms with E-state index in [1.807, 2.05) is 5.38 Å². The zero-order valence-electron chi connectivity index (χ0n) is 18.1. The van der Waals surface area contributed by atoms with E-state index in [1.54, 1.807) is 40.2 Å². The Bertz CT molecular complexity index is 1130. The van der Waals surface area contributed by atoms with Gasteiger partial charge in [-0.15, -0.1) is 11.3 Å². The van der Waals surface area contributed by atoms with Gasteiger partial charge < -0.3 is 10.2 Å². The summed E-state index contributed by atoms with van der Waals surface area (Å²) >= 11 is 2.80. The molecule has 1 saturated heterocycles. The Hall–Kier alpha value is -2.85. The first-order valence-electron chi connectivity index (χ1n) is 10.3. The van der Waals surface area contributed by atoms with Crippen LogP contribution in [0.2, 0.25) is 0 Å². The van der Waals surface area contributed by atoms with Gasteiger partial charge in [0.25, 0.3) is 5.91 Å². The van der Waals surface area contributed by atoms with Crippen molar-refractivity contribution in [2.75, 3.05) is 18.0 Å². The minimum Gasteiger partial charge on any atom is -0.346 e. The number of hydrogen-bond acceptors (Lipinski definition) is 6. The highest BCUT2D eigenvalue weighted by atomic mass is 32.1. The van der Waals surface area contributed by atoms with Gasteiger partial charge >= 0.3 is 6.03 Å². The summed E-state index contributed by atoms with van der Waals surface area (Å²) in [6, 6.07) is 5.95. The van der Waals surface area contributed by atoms with Gasteiger partial charge in [-0.1, -0.05) is 37.3 Å². The summed E-state index contributed by atoms with van der Waals surface area (Å²) in [6.45, 7) is 7.73. The maximum absolute atomic E-state index is 13.1. The Kier molecular flexibility index (Phi) is 6.52. The molecular weight excluding hydrogens is 449 g/mol. The molecule has 7 nitrogen and oxygen atoms in total. The third-order valence-corrected chi connectivity index (χ3v) is 7.47. The fourth-order valence-corrected chi connectivity index (χ4v) is 5.18. The third-order valence-electron chi connectivity index (χ3n) is 5.10. The highest BCUT2D eigenvalue weighted by Crippen LogP contribution is 2.29. The van der Waals surface area contributed by atoms with Crippen LogP contribution in [0.25, 0.3) is 0 Å². The molecule has 3 amide bonds. The Morgan fingerprint density at radius 1 is 1.22 bits per heavy atom. The van der Waals surface area contributed by atoms with Crippen LogP contribution in [-0.4, -0.2) is 39.9 Å². The van der Waals surface area contributed by atoms with Gasteiger partial charge in [0, 0.05) is 30.9 Å². The van der Waals surface area contributed by atoms with Crippen LogP contribution in [0.4, 0.5) is 14.3 Å². The molecule has 1 aliphatic rings. The van der Waals surface area contributed by atoms with Gasteiger partial charge in [0.1, 0.15) is 10.7 Å². The first kappa shape index (κ1) is 22.3. The summed E-state index contributed by atoms with van der Waals surface area (Å²) in [5, 5.41) is 6.41. The zero-order chi connectivity index (χ0) is 22.8.